The normalized spacial score (nSPS) is 12.9. The second-order valence-electron chi connectivity index (χ2n) is 15.6. The summed E-state index contributed by atoms with van der Waals surface area (Å²) >= 11 is 0. The molecule has 0 radical (unpaired) electrons. The molecule has 0 amide bonds. The van der Waals surface area contributed by atoms with Gasteiger partial charge in [0, 0.05) is 22.1 Å². The third kappa shape index (κ3) is 5.46. The van der Waals surface area contributed by atoms with E-state index in [0.717, 1.165) is 33.4 Å². The van der Waals surface area contributed by atoms with Gasteiger partial charge in [0.05, 0.1) is 0 Å². The summed E-state index contributed by atoms with van der Waals surface area (Å²) in [7, 11) is 0. The fraction of sp³-hybridized carbons (Fsp3) is 0.0556. The number of benzene rings is 9. The fourth-order valence-electron chi connectivity index (χ4n) is 8.99. The molecule has 57 heavy (non-hydrogen) atoms. The monoisotopic (exact) mass is 727 g/mol. The highest BCUT2D eigenvalue weighted by Crippen LogP contribution is 2.49. The Hall–Kier alpha value is -7.23. The third-order valence-electron chi connectivity index (χ3n) is 11.9. The molecule has 268 valence electrons. The maximum absolute atomic E-state index is 5.22. The molecule has 3 heteroatoms. The van der Waals surface area contributed by atoms with Crippen LogP contribution < -0.4 is 0 Å². The van der Waals surface area contributed by atoms with Gasteiger partial charge in [-0.2, -0.15) is 0 Å². The lowest BCUT2D eigenvalue weighted by Crippen LogP contribution is -2.15. The smallest absolute Gasteiger partial charge is 0.164 e. The maximum atomic E-state index is 5.22. The highest BCUT2D eigenvalue weighted by molar-refractivity contribution is 6.20. The first-order chi connectivity index (χ1) is 28.0. The molecular weight excluding hydrogens is 691 g/mol. The van der Waals surface area contributed by atoms with Gasteiger partial charge in [0.1, 0.15) is 0 Å². The van der Waals surface area contributed by atoms with E-state index in [4.69, 9.17) is 15.0 Å². The van der Waals surface area contributed by atoms with E-state index in [1.165, 1.54) is 60.1 Å². The lowest BCUT2D eigenvalue weighted by atomic mass is 9.82. The van der Waals surface area contributed by atoms with Crippen molar-refractivity contribution in [1.82, 2.24) is 15.0 Å². The van der Waals surface area contributed by atoms with Crippen molar-refractivity contribution in [1.29, 1.82) is 0 Å². The van der Waals surface area contributed by atoms with Gasteiger partial charge in [-0.3, -0.25) is 0 Å². The van der Waals surface area contributed by atoms with Crippen molar-refractivity contribution in [3.05, 3.63) is 199 Å². The van der Waals surface area contributed by atoms with E-state index in [0.29, 0.717) is 17.5 Å². The molecule has 0 spiro atoms. The minimum atomic E-state index is -0.140. The number of rotatable bonds is 5. The minimum Gasteiger partial charge on any atom is -0.208 e. The highest BCUT2D eigenvalue weighted by atomic mass is 15.0. The zero-order valence-electron chi connectivity index (χ0n) is 31.7. The molecule has 0 N–H and O–H groups in total. The van der Waals surface area contributed by atoms with E-state index in [1.54, 1.807) is 0 Å². The number of hydrogen-bond acceptors (Lipinski definition) is 3. The largest absolute Gasteiger partial charge is 0.208 e. The summed E-state index contributed by atoms with van der Waals surface area (Å²) in [5.74, 6) is 1.95. The van der Waals surface area contributed by atoms with E-state index in [9.17, 15) is 0 Å². The van der Waals surface area contributed by atoms with Crippen molar-refractivity contribution in [3.63, 3.8) is 0 Å². The molecule has 0 aliphatic heterocycles. The highest BCUT2D eigenvalue weighted by Gasteiger charge is 2.35. The second-order valence-corrected chi connectivity index (χ2v) is 15.6. The Bertz CT molecular complexity index is 3200. The van der Waals surface area contributed by atoms with Crippen LogP contribution in [0, 0.1) is 0 Å². The van der Waals surface area contributed by atoms with Crippen molar-refractivity contribution in [2.24, 2.45) is 0 Å². The number of nitrogens with zero attached hydrogens (tertiary/aromatic N) is 3. The molecule has 0 bridgehead atoms. The van der Waals surface area contributed by atoms with Crippen molar-refractivity contribution >= 4 is 32.3 Å². The lowest BCUT2D eigenvalue weighted by Gasteiger charge is -2.21. The molecule has 0 atom stereocenters. The average Bonchev–Trinajstić information content (AvgIpc) is 3.51. The van der Waals surface area contributed by atoms with Gasteiger partial charge in [0.2, 0.25) is 0 Å². The number of fused-ring (bicyclic) bond motifs is 7. The molecule has 1 heterocycles. The molecule has 0 unspecified atom stereocenters. The summed E-state index contributed by atoms with van der Waals surface area (Å²) in [6.07, 6.45) is 0. The summed E-state index contributed by atoms with van der Waals surface area (Å²) in [5.41, 5.74) is 12.6. The van der Waals surface area contributed by atoms with Crippen LogP contribution in [0.2, 0.25) is 0 Å². The van der Waals surface area contributed by atoms with Crippen LogP contribution in [-0.4, -0.2) is 15.0 Å². The minimum absolute atomic E-state index is 0.140. The summed E-state index contributed by atoms with van der Waals surface area (Å²) in [5, 5.41) is 7.47. The zero-order valence-corrected chi connectivity index (χ0v) is 31.7. The van der Waals surface area contributed by atoms with Crippen molar-refractivity contribution in [2.75, 3.05) is 0 Å². The van der Waals surface area contributed by atoms with Gasteiger partial charge in [-0.15, -0.1) is 0 Å². The number of aromatic nitrogens is 3. The first-order valence-corrected chi connectivity index (χ1v) is 19.6. The topological polar surface area (TPSA) is 38.7 Å². The first kappa shape index (κ1) is 33.1. The van der Waals surface area contributed by atoms with E-state index in [-0.39, 0.29) is 5.41 Å². The van der Waals surface area contributed by atoms with Crippen molar-refractivity contribution < 1.29 is 0 Å². The van der Waals surface area contributed by atoms with Crippen LogP contribution >= 0.6 is 0 Å². The van der Waals surface area contributed by atoms with E-state index in [1.807, 2.05) is 6.07 Å². The van der Waals surface area contributed by atoms with Crippen LogP contribution in [0.4, 0.5) is 0 Å². The van der Waals surface area contributed by atoms with Crippen LogP contribution in [0.3, 0.4) is 0 Å². The van der Waals surface area contributed by atoms with Crippen molar-refractivity contribution in [3.8, 4) is 67.5 Å². The molecule has 3 nitrogen and oxygen atoms in total. The summed E-state index contributed by atoms with van der Waals surface area (Å²) in [6.45, 7) is 4.62. The Morgan fingerprint density at radius 2 is 0.895 bits per heavy atom. The van der Waals surface area contributed by atoms with Gasteiger partial charge in [-0.1, -0.05) is 184 Å². The van der Waals surface area contributed by atoms with E-state index in [2.05, 4.69) is 196 Å². The Kier molecular flexibility index (Phi) is 7.52. The number of hydrogen-bond donors (Lipinski definition) is 0. The summed E-state index contributed by atoms with van der Waals surface area (Å²) in [6, 6.07) is 67.4. The van der Waals surface area contributed by atoms with Gasteiger partial charge in [-0.05, 0) is 95.0 Å². The van der Waals surface area contributed by atoms with Crippen LogP contribution in [0.1, 0.15) is 25.0 Å². The molecule has 11 rings (SSSR count). The fourth-order valence-corrected chi connectivity index (χ4v) is 8.99. The Morgan fingerprint density at radius 3 is 1.70 bits per heavy atom. The molecule has 0 saturated carbocycles. The molecule has 1 aliphatic rings. The third-order valence-corrected chi connectivity index (χ3v) is 11.9. The van der Waals surface area contributed by atoms with Gasteiger partial charge in [0.15, 0.2) is 17.5 Å². The molecule has 9 aromatic carbocycles. The van der Waals surface area contributed by atoms with Crippen LogP contribution in [0.25, 0.3) is 99.9 Å². The molecule has 0 saturated heterocycles. The van der Waals surface area contributed by atoms with Crippen LogP contribution in [0.15, 0.2) is 188 Å². The lowest BCUT2D eigenvalue weighted by molar-refractivity contribution is 0.660. The predicted molar refractivity (Wildman–Crippen MR) is 237 cm³/mol. The molecule has 10 aromatic rings. The Morgan fingerprint density at radius 1 is 0.316 bits per heavy atom. The SMILES string of the molecule is CC1(C)c2ccccc2-c2ccc(-c3nc(-c4ccc(-c5c6ccccc6cc6c5ccc5ccccc56)cc4)nc(-c4cccc(-c5ccccc5)c4)n3)cc21. The molecular formula is C54H37N3. The van der Waals surface area contributed by atoms with Crippen LogP contribution in [0.5, 0.6) is 0 Å². The Balaban J connectivity index is 1.07. The summed E-state index contributed by atoms with van der Waals surface area (Å²) < 4.78 is 0. The predicted octanol–water partition coefficient (Wildman–Crippen LogP) is 14.0. The zero-order chi connectivity index (χ0) is 38.1. The average molecular weight is 728 g/mol. The van der Waals surface area contributed by atoms with E-state index < -0.39 is 0 Å². The van der Waals surface area contributed by atoms with Gasteiger partial charge < -0.3 is 0 Å². The maximum Gasteiger partial charge on any atom is 0.164 e. The van der Waals surface area contributed by atoms with Crippen molar-refractivity contribution in [2.45, 2.75) is 19.3 Å². The molecule has 0 fully saturated rings. The standard InChI is InChI=1S/C54H37N3/c1-54(2)48-22-11-10-21-44(48)45-29-28-41(33-49(45)54)53-56-51(55-52(57-53)40-18-12-17-38(31-40)34-13-4-3-5-14-34)37-25-23-36(24-26-37)50-43-20-9-7-16-39(43)32-47-42-19-8-6-15-35(42)27-30-46(47)50/h3-33H,1-2H3. The summed E-state index contributed by atoms with van der Waals surface area (Å²) in [4.78, 5) is 15.6. The second kappa shape index (κ2) is 12.9. The van der Waals surface area contributed by atoms with Gasteiger partial charge in [-0.25, -0.2) is 15.0 Å². The Labute approximate surface area is 332 Å². The van der Waals surface area contributed by atoms with Gasteiger partial charge >= 0.3 is 0 Å². The molecule has 1 aromatic heterocycles. The van der Waals surface area contributed by atoms with Gasteiger partial charge in [0.25, 0.3) is 0 Å². The first-order valence-electron chi connectivity index (χ1n) is 19.6. The molecule has 1 aliphatic carbocycles. The van der Waals surface area contributed by atoms with E-state index >= 15 is 0 Å². The quantitative estimate of drug-likeness (QED) is 0.131. The van der Waals surface area contributed by atoms with Crippen LogP contribution in [-0.2, 0) is 5.41 Å².